The molecule has 3 N–H and O–H groups in total. The van der Waals surface area contributed by atoms with Gasteiger partial charge in [0.05, 0.1) is 12.5 Å². The number of hydrogen-bond acceptors (Lipinski definition) is 5. The van der Waals surface area contributed by atoms with Gasteiger partial charge < -0.3 is 15.2 Å². The maximum atomic E-state index is 12.2. The second-order valence-electron chi connectivity index (χ2n) is 5.77. The Balaban J connectivity index is 2.93. The van der Waals surface area contributed by atoms with Crippen molar-refractivity contribution in [1.82, 2.24) is 10.0 Å². The zero-order valence-corrected chi connectivity index (χ0v) is 14.9. The third kappa shape index (κ3) is 4.68. The molecule has 0 radical (unpaired) electrons. The summed E-state index contributed by atoms with van der Waals surface area (Å²) in [6, 6.07) is 4.04. The Bertz CT molecular complexity index is 727. The van der Waals surface area contributed by atoms with Gasteiger partial charge in [-0.2, -0.15) is 0 Å². The van der Waals surface area contributed by atoms with Crippen molar-refractivity contribution < 1.29 is 27.9 Å². The molecule has 0 saturated heterocycles. The predicted molar refractivity (Wildman–Crippen MR) is 87.6 cm³/mol. The standard InChI is InChI=1S/C15H22N2O6S/c1-15(2,14(19)20)7-8-17-13(18)10-5-6-11(23-4)12(9-10)24(21,22)16-3/h5-6,9,16H,7-8H2,1-4H3,(H,17,18)(H,19,20). The Morgan fingerprint density at radius 2 is 1.92 bits per heavy atom. The van der Waals surface area contributed by atoms with Gasteiger partial charge >= 0.3 is 5.97 Å². The summed E-state index contributed by atoms with van der Waals surface area (Å²) in [5, 5.41) is 11.6. The van der Waals surface area contributed by atoms with Crippen molar-refractivity contribution in [2.24, 2.45) is 5.41 Å². The van der Waals surface area contributed by atoms with Gasteiger partial charge in [-0.1, -0.05) is 0 Å². The number of carbonyl (C=O) groups is 2. The highest BCUT2D eigenvalue weighted by molar-refractivity contribution is 7.89. The third-order valence-corrected chi connectivity index (χ3v) is 5.03. The van der Waals surface area contributed by atoms with Gasteiger partial charge in [-0.25, -0.2) is 13.1 Å². The molecule has 9 heteroatoms. The average Bonchev–Trinajstić information content (AvgIpc) is 2.53. The first-order valence-electron chi connectivity index (χ1n) is 7.18. The molecule has 0 saturated carbocycles. The highest BCUT2D eigenvalue weighted by Crippen LogP contribution is 2.25. The molecule has 1 rings (SSSR count). The number of ether oxygens (including phenoxy) is 1. The minimum atomic E-state index is -3.78. The van der Waals surface area contributed by atoms with Gasteiger partial charge in [-0.3, -0.25) is 9.59 Å². The van der Waals surface area contributed by atoms with E-state index < -0.39 is 27.3 Å². The number of amides is 1. The summed E-state index contributed by atoms with van der Waals surface area (Å²) in [5.74, 6) is -1.33. The zero-order valence-electron chi connectivity index (χ0n) is 14.0. The third-order valence-electron chi connectivity index (χ3n) is 3.60. The minimum Gasteiger partial charge on any atom is -0.495 e. The Morgan fingerprint density at radius 1 is 1.29 bits per heavy atom. The van der Waals surface area contributed by atoms with Crippen molar-refractivity contribution in [2.75, 3.05) is 20.7 Å². The number of methoxy groups -OCH3 is 1. The van der Waals surface area contributed by atoms with E-state index in [9.17, 15) is 18.0 Å². The first-order chi connectivity index (χ1) is 11.0. The Morgan fingerprint density at radius 3 is 2.42 bits per heavy atom. The van der Waals surface area contributed by atoms with Crippen molar-refractivity contribution >= 4 is 21.9 Å². The second-order valence-corrected chi connectivity index (χ2v) is 7.62. The van der Waals surface area contributed by atoms with E-state index in [1.165, 1.54) is 32.4 Å². The van der Waals surface area contributed by atoms with Gasteiger partial charge in [0.25, 0.3) is 5.91 Å². The summed E-state index contributed by atoms with van der Waals surface area (Å²) in [5.41, 5.74) is -0.828. The van der Waals surface area contributed by atoms with E-state index >= 15 is 0 Å². The van der Waals surface area contributed by atoms with Gasteiger partial charge in [0, 0.05) is 12.1 Å². The lowest BCUT2D eigenvalue weighted by Crippen LogP contribution is -2.32. The minimum absolute atomic E-state index is 0.118. The Hall–Kier alpha value is -2.13. The van der Waals surface area contributed by atoms with Crippen LogP contribution in [0.15, 0.2) is 23.1 Å². The van der Waals surface area contributed by atoms with Crippen LogP contribution < -0.4 is 14.8 Å². The number of aliphatic carboxylic acids is 1. The molecule has 0 atom stereocenters. The van der Waals surface area contributed by atoms with Crippen LogP contribution in [0.4, 0.5) is 0 Å². The second kappa shape index (κ2) is 7.63. The van der Waals surface area contributed by atoms with Crippen molar-refractivity contribution in [2.45, 2.75) is 25.2 Å². The lowest BCUT2D eigenvalue weighted by Gasteiger charge is -2.19. The van der Waals surface area contributed by atoms with Crippen LogP contribution in [-0.2, 0) is 14.8 Å². The maximum Gasteiger partial charge on any atom is 0.309 e. The number of rotatable bonds is 8. The van der Waals surface area contributed by atoms with Crippen molar-refractivity contribution in [1.29, 1.82) is 0 Å². The fourth-order valence-corrected chi connectivity index (χ4v) is 2.75. The lowest BCUT2D eigenvalue weighted by atomic mass is 9.90. The smallest absolute Gasteiger partial charge is 0.309 e. The molecule has 1 amide bonds. The molecule has 8 nitrogen and oxygen atoms in total. The van der Waals surface area contributed by atoms with Crippen LogP contribution in [0, 0.1) is 5.41 Å². The molecular formula is C15H22N2O6S. The molecule has 0 aromatic heterocycles. The van der Waals surface area contributed by atoms with E-state index in [0.717, 1.165) is 0 Å². The number of benzene rings is 1. The average molecular weight is 358 g/mol. The van der Waals surface area contributed by atoms with E-state index in [2.05, 4.69) is 10.0 Å². The monoisotopic (exact) mass is 358 g/mol. The summed E-state index contributed by atoms with van der Waals surface area (Å²) < 4.78 is 31.1. The van der Waals surface area contributed by atoms with Crippen LogP contribution in [0.25, 0.3) is 0 Å². The van der Waals surface area contributed by atoms with Crippen LogP contribution in [0.1, 0.15) is 30.6 Å². The molecule has 0 fully saturated rings. The van der Waals surface area contributed by atoms with Crippen LogP contribution in [0.2, 0.25) is 0 Å². The van der Waals surface area contributed by atoms with Crippen molar-refractivity contribution in [3.8, 4) is 5.75 Å². The summed E-state index contributed by atoms with van der Waals surface area (Å²) in [6.07, 6.45) is 0.242. The van der Waals surface area contributed by atoms with Gasteiger partial charge in [0.1, 0.15) is 10.6 Å². The molecule has 0 bridgehead atoms. The van der Waals surface area contributed by atoms with Crippen LogP contribution in [-0.4, -0.2) is 46.1 Å². The van der Waals surface area contributed by atoms with Gasteiger partial charge in [-0.05, 0) is 45.5 Å². The topological polar surface area (TPSA) is 122 Å². The molecule has 0 heterocycles. The number of sulfonamides is 1. The fraction of sp³-hybridized carbons (Fsp3) is 0.467. The quantitative estimate of drug-likeness (QED) is 0.633. The molecule has 1 aromatic rings. The SMILES string of the molecule is CNS(=O)(=O)c1cc(C(=O)NCCC(C)(C)C(=O)O)ccc1OC. The highest BCUT2D eigenvalue weighted by atomic mass is 32.2. The maximum absolute atomic E-state index is 12.2. The molecular weight excluding hydrogens is 336 g/mol. The van der Waals surface area contributed by atoms with Crippen molar-refractivity contribution in [3.63, 3.8) is 0 Å². The number of hydrogen-bond donors (Lipinski definition) is 3. The number of carboxylic acid groups (broad SMARTS) is 1. The fourth-order valence-electron chi connectivity index (χ4n) is 1.84. The van der Waals surface area contributed by atoms with E-state index in [1.54, 1.807) is 13.8 Å². The molecule has 0 aliphatic carbocycles. The Labute approximate surface area is 141 Å². The first kappa shape index (κ1) is 19.9. The molecule has 24 heavy (non-hydrogen) atoms. The molecule has 0 spiro atoms. The summed E-state index contributed by atoms with van der Waals surface area (Å²) >= 11 is 0. The predicted octanol–water partition coefficient (Wildman–Crippen LogP) is 0.834. The summed E-state index contributed by atoms with van der Waals surface area (Å²) in [4.78, 5) is 23.0. The van der Waals surface area contributed by atoms with Crippen molar-refractivity contribution in [3.05, 3.63) is 23.8 Å². The normalized spacial score (nSPS) is 11.8. The summed E-state index contributed by atoms with van der Waals surface area (Å²) in [6.45, 7) is 3.28. The lowest BCUT2D eigenvalue weighted by molar-refractivity contribution is -0.147. The van der Waals surface area contributed by atoms with Gasteiger partial charge in [0.15, 0.2) is 0 Å². The van der Waals surface area contributed by atoms with Crippen LogP contribution >= 0.6 is 0 Å². The number of carboxylic acids is 1. The summed E-state index contributed by atoms with van der Waals surface area (Å²) in [7, 11) is -1.19. The molecule has 0 aliphatic rings. The molecule has 0 unspecified atom stereocenters. The number of carbonyl (C=O) groups excluding carboxylic acids is 1. The first-order valence-corrected chi connectivity index (χ1v) is 8.66. The zero-order chi connectivity index (χ0) is 18.5. The highest BCUT2D eigenvalue weighted by Gasteiger charge is 2.27. The van der Waals surface area contributed by atoms with Crippen LogP contribution in [0.5, 0.6) is 5.75 Å². The van der Waals surface area contributed by atoms with E-state index in [0.29, 0.717) is 0 Å². The molecule has 0 aliphatic heterocycles. The molecule has 134 valence electrons. The van der Waals surface area contributed by atoms with Gasteiger partial charge in [0.2, 0.25) is 10.0 Å². The van der Waals surface area contributed by atoms with Crippen LogP contribution in [0.3, 0.4) is 0 Å². The van der Waals surface area contributed by atoms with Gasteiger partial charge in [-0.15, -0.1) is 0 Å². The number of nitrogens with one attached hydrogen (secondary N) is 2. The van der Waals surface area contributed by atoms with E-state index in [1.807, 2.05) is 0 Å². The Kier molecular flexibility index (Phi) is 6.33. The van der Waals surface area contributed by atoms with E-state index in [-0.39, 0.29) is 29.2 Å². The largest absolute Gasteiger partial charge is 0.495 e. The molecule has 1 aromatic carbocycles. The van der Waals surface area contributed by atoms with E-state index in [4.69, 9.17) is 9.84 Å².